The summed E-state index contributed by atoms with van der Waals surface area (Å²) in [5, 5.41) is 0.240. The molecule has 1 saturated heterocycles. The topological polar surface area (TPSA) is 84.4 Å². The Morgan fingerprint density at radius 1 is 1.28 bits per heavy atom. The lowest BCUT2D eigenvalue weighted by molar-refractivity contribution is 0.414. The number of methoxy groups -OCH3 is 1. The van der Waals surface area contributed by atoms with Crippen LogP contribution < -0.4 is 14.4 Å². The zero-order valence-electron chi connectivity index (χ0n) is 13.8. The lowest BCUT2D eigenvalue weighted by Gasteiger charge is -2.15. The number of hydrogen-bond acceptors (Lipinski definition) is 6. The summed E-state index contributed by atoms with van der Waals surface area (Å²) >= 11 is 6.00. The van der Waals surface area contributed by atoms with Crippen molar-refractivity contribution in [1.82, 2.24) is 14.7 Å². The maximum absolute atomic E-state index is 12.4. The van der Waals surface area contributed by atoms with Gasteiger partial charge in [0.25, 0.3) is 0 Å². The first-order valence-corrected chi connectivity index (χ1v) is 9.76. The van der Waals surface area contributed by atoms with Crippen LogP contribution in [0.3, 0.4) is 0 Å². The highest BCUT2D eigenvalue weighted by Gasteiger charge is 2.18. The molecule has 1 aromatic heterocycles. The average molecular weight is 383 g/mol. The van der Waals surface area contributed by atoms with Crippen molar-refractivity contribution in [3.8, 4) is 5.75 Å². The molecule has 0 radical (unpaired) electrons. The summed E-state index contributed by atoms with van der Waals surface area (Å²) in [6.07, 6.45) is 3.89. The number of rotatable bonds is 6. The van der Waals surface area contributed by atoms with E-state index in [1.54, 1.807) is 12.3 Å². The van der Waals surface area contributed by atoms with Crippen LogP contribution in [-0.2, 0) is 16.6 Å². The summed E-state index contributed by atoms with van der Waals surface area (Å²) < 4.78 is 32.4. The normalized spacial score (nSPS) is 14.7. The van der Waals surface area contributed by atoms with E-state index in [0.29, 0.717) is 17.4 Å². The van der Waals surface area contributed by atoms with E-state index in [9.17, 15) is 8.42 Å². The summed E-state index contributed by atoms with van der Waals surface area (Å²) in [7, 11) is -2.23. The van der Waals surface area contributed by atoms with Crippen molar-refractivity contribution in [2.45, 2.75) is 24.3 Å². The summed E-state index contributed by atoms with van der Waals surface area (Å²) in [4.78, 5) is 10.9. The molecule has 1 N–H and O–H groups in total. The molecule has 0 aliphatic carbocycles. The van der Waals surface area contributed by atoms with Crippen molar-refractivity contribution in [3.63, 3.8) is 0 Å². The minimum absolute atomic E-state index is 0.0760. The molecule has 9 heteroatoms. The Labute approximate surface area is 152 Å². The summed E-state index contributed by atoms with van der Waals surface area (Å²) in [5.74, 6) is 1.06. The minimum Gasteiger partial charge on any atom is -0.495 e. The van der Waals surface area contributed by atoms with Crippen LogP contribution in [0.4, 0.5) is 5.95 Å². The maximum Gasteiger partial charge on any atom is 0.240 e. The molecule has 0 unspecified atom stereocenters. The zero-order chi connectivity index (χ0) is 17.9. The number of nitrogens with zero attached hydrogens (tertiary/aromatic N) is 3. The van der Waals surface area contributed by atoms with Gasteiger partial charge < -0.3 is 9.64 Å². The number of halogens is 1. The number of anilines is 1. The van der Waals surface area contributed by atoms with Crippen molar-refractivity contribution < 1.29 is 13.2 Å². The van der Waals surface area contributed by atoms with Crippen LogP contribution >= 0.6 is 11.6 Å². The van der Waals surface area contributed by atoms with Gasteiger partial charge in [-0.15, -0.1) is 0 Å². The molecule has 2 aromatic rings. The van der Waals surface area contributed by atoms with Crippen LogP contribution in [0.25, 0.3) is 0 Å². The Hall–Kier alpha value is -1.90. The van der Waals surface area contributed by atoms with Crippen molar-refractivity contribution in [1.29, 1.82) is 0 Å². The predicted octanol–water partition coefficient (Wildman–Crippen LogP) is 2.22. The van der Waals surface area contributed by atoms with Crippen LogP contribution in [0.2, 0.25) is 5.02 Å². The van der Waals surface area contributed by atoms with Gasteiger partial charge in [0, 0.05) is 19.3 Å². The highest BCUT2D eigenvalue weighted by molar-refractivity contribution is 7.89. The Bertz CT molecular complexity index is 854. The second-order valence-corrected chi connectivity index (χ2v) is 7.84. The van der Waals surface area contributed by atoms with Gasteiger partial charge >= 0.3 is 0 Å². The van der Waals surface area contributed by atoms with E-state index in [2.05, 4.69) is 19.6 Å². The second-order valence-electron chi connectivity index (χ2n) is 5.66. The van der Waals surface area contributed by atoms with Crippen LogP contribution in [0, 0.1) is 0 Å². The summed E-state index contributed by atoms with van der Waals surface area (Å²) in [6.45, 7) is 1.94. The van der Waals surface area contributed by atoms with E-state index in [1.807, 2.05) is 0 Å². The molecule has 25 heavy (non-hydrogen) atoms. The van der Waals surface area contributed by atoms with Gasteiger partial charge in [-0.05, 0) is 37.1 Å². The second kappa shape index (κ2) is 7.55. The van der Waals surface area contributed by atoms with Gasteiger partial charge in [0.05, 0.1) is 29.3 Å². The van der Waals surface area contributed by atoms with Gasteiger partial charge in [-0.25, -0.2) is 23.1 Å². The third-order valence-electron chi connectivity index (χ3n) is 3.97. The predicted molar refractivity (Wildman–Crippen MR) is 95.5 cm³/mol. The van der Waals surface area contributed by atoms with Gasteiger partial charge in [-0.1, -0.05) is 11.6 Å². The number of aromatic nitrogens is 2. The molecule has 1 aliphatic rings. The van der Waals surface area contributed by atoms with E-state index in [0.717, 1.165) is 25.9 Å². The molecule has 2 heterocycles. The number of nitrogens with one attached hydrogen (secondary N) is 1. The monoisotopic (exact) mass is 382 g/mol. The first kappa shape index (κ1) is 17.9. The van der Waals surface area contributed by atoms with Crippen molar-refractivity contribution in [2.75, 3.05) is 25.1 Å². The molecule has 1 aromatic carbocycles. The van der Waals surface area contributed by atoms with E-state index < -0.39 is 10.0 Å². The van der Waals surface area contributed by atoms with Crippen LogP contribution in [-0.4, -0.2) is 38.6 Å². The molecule has 0 saturated carbocycles. The minimum atomic E-state index is -3.70. The molecule has 3 rings (SSSR count). The van der Waals surface area contributed by atoms with Crippen molar-refractivity contribution in [3.05, 3.63) is 41.2 Å². The fourth-order valence-electron chi connectivity index (χ4n) is 2.62. The zero-order valence-corrected chi connectivity index (χ0v) is 15.3. The molecular formula is C16H19ClN4O3S. The van der Waals surface area contributed by atoms with E-state index in [1.165, 1.54) is 25.3 Å². The Morgan fingerprint density at radius 3 is 2.72 bits per heavy atom. The molecule has 0 spiro atoms. The Balaban J connectivity index is 1.72. The average Bonchev–Trinajstić information content (AvgIpc) is 3.15. The Morgan fingerprint density at radius 2 is 2.04 bits per heavy atom. The van der Waals surface area contributed by atoms with Gasteiger partial charge in [-0.3, -0.25) is 0 Å². The molecule has 134 valence electrons. The largest absolute Gasteiger partial charge is 0.495 e. The third kappa shape index (κ3) is 4.20. The smallest absolute Gasteiger partial charge is 0.240 e. The van der Waals surface area contributed by atoms with E-state index in [4.69, 9.17) is 16.3 Å². The first-order valence-electron chi connectivity index (χ1n) is 7.90. The lowest BCUT2D eigenvalue weighted by atomic mass is 10.3. The first-order chi connectivity index (χ1) is 12.0. The quantitative estimate of drug-likeness (QED) is 0.824. The Kier molecular flexibility index (Phi) is 5.41. The van der Waals surface area contributed by atoms with E-state index in [-0.39, 0.29) is 16.5 Å². The van der Waals surface area contributed by atoms with Gasteiger partial charge in [0.1, 0.15) is 5.75 Å². The van der Waals surface area contributed by atoms with Crippen LogP contribution in [0.5, 0.6) is 5.75 Å². The summed E-state index contributed by atoms with van der Waals surface area (Å²) in [6, 6.07) is 6.02. The molecule has 1 fully saturated rings. The molecule has 0 bridgehead atoms. The van der Waals surface area contributed by atoms with Gasteiger partial charge in [0.15, 0.2) is 0 Å². The fraction of sp³-hybridized carbons (Fsp3) is 0.375. The van der Waals surface area contributed by atoms with Crippen molar-refractivity contribution >= 4 is 27.6 Å². The number of benzene rings is 1. The van der Waals surface area contributed by atoms with Crippen LogP contribution in [0.15, 0.2) is 35.4 Å². The van der Waals surface area contributed by atoms with E-state index >= 15 is 0 Å². The highest BCUT2D eigenvalue weighted by atomic mass is 35.5. The van der Waals surface area contributed by atoms with Gasteiger partial charge in [-0.2, -0.15) is 0 Å². The SMILES string of the molecule is COc1ccc(S(=O)(=O)NCc2ccnc(N3CCCC3)n2)cc1Cl. The molecular weight excluding hydrogens is 364 g/mol. The third-order valence-corrected chi connectivity index (χ3v) is 5.66. The van der Waals surface area contributed by atoms with Gasteiger partial charge in [0.2, 0.25) is 16.0 Å². The summed E-state index contributed by atoms with van der Waals surface area (Å²) in [5.41, 5.74) is 0.611. The van der Waals surface area contributed by atoms with Crippen LogP contribution in [0.1, 0.15) is 18.5 Å². The maximum atomic E-state index is 12.4. The standard InChI is InChI=1S/C16H19ClN4O3S/c1-24-15-5-4-13(10-14(15)17)25(22,23)19-11-12-6-7-18-16(20-12)21-8-2-3-9-21/h4-7,10,19H,2-3,8-9,11H2,1H3. The molecule has 1 aliphatic heterocycles. The number of ether oxygens (including phenoxy) is 1. The number of hydrogen-bond donors (Lipinski definition) is 1. The highest BCUT2D eigenvalue weighted by Crippen LogP contribution is 2.26. The van der Waals surface area contributed by atoms with Crippen molar-refractivity contribution in [2.24, 2.45) is 0 Å². The number of sulfonamides is 1. The molecule has 7 nitrogen and oxygen atoms in total. The lowest BCUT2D eigenvalue weighted by Crippen LogP contribution is -2.25. The molecule has 0 atom stereocenters. The molecule has 0 amide bonds. The fourth-order valence-corrected chi connectivity index (χ4v) is 3.97.